The number of nitrogens with zero attached hydrogens (tertiary/aromatic N) is 1. The van der Waals surface area contributed by atoms with E-state index in [1.165, 1.54) is 11.0 Å². The highest BCUT2D eigenvalue weighted by molar-refractivity contribution is 9.10. The lowest BCUT2D eigenvalue weighted by atomic mass is 10.1. The summed E-state index contributed by atoms with van der Waals surface area (Å²) in [5, 5.41) is 0. The highest BCUT2D eigenvalue weighted by atomic mass is 79.9. The van der Waals surface area contributed by atoms with Gasteiger partial charge in [0.15, 0.2) is 6.29 Å². The summed E-state index contributed by atoms with van der Waals surface area (Å²) in [5.41, 5.74) is 0.633. The van der Waals surface area contributed by atoms with Gasteiger partial charge in [-0.25, -0.2) is 0 Å². The van der Waals surface area contributed by atoms with Gasteiger partial charge in [0.05, 0.1) is 0 Å². The van der Waals surface area contributed by atoms with Crippen molar-refractivity contribution in [1.29, 1.82) is 0 Å². The topological polar surface area (TPSA) is 20.3 Å². The van der Waals surface area contributed by atoms with Gasteiger partial charge >= 0.3 is 6.18 Å². The molecule has 0 bridgehead atoms. The van der Waals surface area contributed by atoms with Gasteiger partial charge in [0, 0.05) is 21.8 Å². The van der Waals surface area contributed by atoms with Gasteiger partial charge in [0.2, 0.25) is 0 Å². The first-order valence-corrected chi connectivity index (χ1v) is 6.28. The van der Waals surface area contributed by atoms with Crippen molar-refractivity contribution >= 4 is 27.9 Å². The maximum atomic E-state index is 12.6. The normalized spacial score (nSPS) is 15.6. The van der Waals surface area contributed by atoms with Crippen molar-refractivity contribution in [2.75, 3.05) is 11.4 Å². The molecule has 1 aliphatic carbocycles. The molecule has 2 nitrogen and oxygen atoms in total. The van der Waals surface area contributed by atoms with Crippen LogP contribution in [0.15, 0.2) is 22.7 Å². The van der Waals surface area contributed by atoms with E-state index in [1.54, 1.807) is 12.1 Å². The number of rotatable bonds is 4. The number of carbonyl (C=O) groups is 1. The summed E-state index contributed by atoms with van der Waals surface area (Å²) in [6.07, 6.45) is -2.21. The Hall–Kier alpha value is -1.04. The minimum absolute atomic E-state index is 0.111. The Morgan fingerprint density at radius 3 is 2.56 bits per heavy atom. The second-order valence-corrected chi connectivity index (χ2v) is 5.21. The van der Waals surface area contributed by atoms with Crippen LogP contribution in [-0.2, 0) is 0 Å². The number of carbonyl (C=O) groups excluding carboxylic acids is 1. The van der Waals surface area contributed by atoms with Crippen LogP contribution in [0.25, 0.3) is 0 Å². The summed E-state index contributed by atoms with van der Waals surface area (Å²) in [6.45, 7) is -1.02. The average Bonchev–Trinajstić information content (AvgIpc) is 3.08. The van der Waals surface area contributed by atoms with Crippen LogP contribution in [0.5, 0.6) is 0 Å². The Morgan fingerprint density at radius 2 is 2.06 bits per heavy atom. The molecule has 0 N–H and O–H groups in total. The van der Waals surface area contributed by atoms with Gasteiger partial charge in [-0.2, -0.15) is 13.2 Å². The highest BCUT2D eigenvalue weighted by Crippen LogP contribution is 2.36. The highest BCUT2D eigenvalue weighted by Gasteiger charge is 2.38. The Morgan fingerprint density at radius 1 is 1.39 bits per heavy atom. The summed E-state index contributed by atoms with van der Waals surface area (Å²) in [4.78, 5) is 12.2. The summed E-state index contributed by atoms with van der Waals surface area (Å²) >= 11 is 3.22. The molecule has 18 heavy (non-hydrogen) atoms. The van der Waals surface area contributed by atoms with E-state index in [2.05, 4.69) is 15.9 Å². The van der Waals surface area contributed by atoms with Gasteiger partial charge in [-0.3, -0.25) is 4.79 Å². The fourth-order valence-electron chi connectivity index (χ4n) is 1.86. The van der Waals surface area contributed by atoms with Crippen LogP contribution >= 0.6 is 15.9 Å². The summed E-state index contributed by atoms with van der Waals surface area (Å²) in [6, 6.07) is 4.62. The average molecular weight is 322 g/mol. The quantitative estimate of drug-likeness (QED) is 0.786. The fourth-order valence-corrected chi connectivity index (χ4v) is 2.20. The molecule has 6 heteroatoms. The lowest BCUT2D eigenvalue weighted by Crippen LogP contribution is -2.36. The zero-order valence-corrected chi connectivity index (χ0v) is 11.0. The van der Waals surface area contributed by atoms with Gasteiger partial charge in [0.25, 0.3) is 0 Å². The number of halogens is 4. The van der Waals surface area contributed by atoms with Crippen molar-refractivity contribution < 1.29 is 18.0 Å². The van der Waals surface area contributed by atoms with Gasteiger partial charge in [-0.15, -0.1) is 0 Å². The number of aldehydes is 1. The molecule has 1 aromatic carbocycles. The first-order valence-electron chi connectivity index (χ1n) is 5.49. The maximum Gasteiger partial charge on any atom is 0.405 e. The van der Waals surface area contributed by atoms with Crippen LogP contribution in [0, 0.1) is 0 Å². The lowest BCUT2D eigenvalue weighted by Gasteiger charge is -2.27. The number of hydrogen-bond acceptors (Lipinski definition) is 2. The van der Waals surface area contributed by atoms with Crippen molar-refractivity contribution in [3.8, 4) is 0 Å². The van der Waals surface area contributed by atoms with E-state index in [4.69, 9.17) is 0 Å². The van der Waals surface area contributed by atoms with Crippen LogP contribution < -0.4 is 4.90 Å². The predicted molar refractivity (Wildman–Crippen MR) is 66.0 cm³/mol. The second kappa shape index (κ2) is 4.91. The Bertz CT molecular complexity index is 457. The zero-order valence-electron chi connectivity index (χ0n) is 9.38. The molecule has 0 saturated heterocycles. The van der Waals surface area contributed by atoms with Gasteiger partial charge in [-0.05, 0) is 31.0 Å². The van der Waals surface area contributed by atoms with Crippen LogP contribution in [0.3, 0.4) is 0 Å². The zero-order chi connectivity index (χ0) is 13.3. The van der Waals surface area contributed by atoms with Crippen molar-refractivity contribution in [2.45, 2.75) is 25.1 Å². The van der Waals surface area contributed by atoms with Crippen molar-refractivity contribution in [3.63, 3.8) is 0 Å². The van der Waals surface area contributed by atoms with Crippen molar-refractivity contribution in [3.05, 3.63) is 28.2 Å². The largest absolute Gasteiger partial charge is 0.405 e. The number of hydrogen-bond donors (Lipinski definition) is 0. The minimum atomic E-state index is -4.27. The molecule has 0 spiro atoms. The molecule has 0 heterocycles. The first kappa shape index (κ1) is 13.4. The van der Waals surface area contributed by atoms with E-state index >= 15 is 0 Å². The number of benzene rings is 1. The second-order valence-electron chi connectivity index (χ2n) is 4.30. The molecule has 0 aromatic heterocycles. The smallest absolute Gasteiger partial charge is 0.359 e. The summed E-state index contributed by atoms with van der Waals surface area (Å²) in [5.74, 6) is 0. The van der Waals surface area contributed by atoms with Crippen molar-refractivity contribution in [1.82, 2.24) is 0 Å². The number of alkyl halides is 3. The van der Waals surface area contributed by atoms with E-state index in [0.717, 1.165) is 12.8 Å². The van der Waals surface area contributed by atoms with Crippen LogP contribution in [0.2, 0.25) is 0 Å². The first-order chi connectivity index (χ1) is 8.40. The van der Waals surface area contributed by atoms with E-state index in [9.17, 15) is 18.0 Å². The van der Waals surface area contributed by atoms with Gasteiger partial charge in [-0.1, -0.05) is 15.9 Å². The van der Waals surface area contributed by atoms with E-state index in [-0.39, 0.29) is 11.6 Å². The van der Waals surface area contributed by atoms with Crippen molar-refractivity contribution in [2.24, 2.45) is 0 Å². The molecule has 0 atom stereocenters. The van der Waals surface area contributed by atoms with Crippen LogP contribution in [0.4, 0.5) is 18.9 Å². The molecule has 1 aliphatic rings. The molecule has 1 fully saturated rings. The Labute approximate surface area is 111 Å². The third-order valence-electron chi connectivity index (χ3n) is 2.77. The number of anilines is 1. The fraction of sp³-hybridized carbons (Fsp3) is 0.417. The lowest BCUT2D eigenvalue weighted by molar-refractivity contribution is -0.120. The predicted octanol–water partition coefficient (Wildman–Crippen LogP) is 3.79. The third kappa shape index (κ3) is 3.25. The molecule has 0 radical (unpaired) electrons. The maximum absolute atomic E-state index is 12.6. The molecule has 1 aromatic rings. The van der Waals surface area contributed by atoms with E-state index < -0.39 is 12.7 Å². The molecular weight excluding hydrogens is 311 g/mol. The molecule has 0 aliphatic heterocycles. The van der Waals surface area contributed by atoms with Gasteiger partial charge in [0.1, 0.15) is 6.54 Å². The Balaban J connectivity index is 2.35. The van der Waals surface area contributed by atoms with Gasteiger partial charge < -0.3 is 4.90 Å². The summed E-state index contributed by atoms with van der Waals surface area (Å²) < 4.78 is 38.4. The van der Waals surface area contributed by atoms with E-state index in [0.29, 0.717) is 16.4 Å². The standard InChI is InChI=1S/C12H11BrF3NO/c13-9-2-1-8(6-18)11(5-9)17(10-3-4-10)7-12(14,15)16/h1-2,5-6,10H,3-4,7H2. The van der Waals surface area contributed by atoms with Crippen LogP contribution in [-0.4, -0.2) is 25.0 Å². The van der Waals surface area contributed by atoms with Crippen LogP contribution in [0.1, 0.15) is 23.2 Å². The molecular formula is C12H11BrF3NO. The Kier molecular flexibility index (Phi) is 3.66. The monoisotopic (exact) mass is 321 g/mol. The third-order valence-corrected chi connectivity index (χ3v) is 3.26. The SMILES string of the molecule is O=Cc1ccc(Br)cc1N(CC(F)(F)F)C1CC1. The minimum Gasteiger partial charge on any atom is -0.359 e. The molecule has 1 saturated carbocycles. The van der Waals surface area contributed by atoms with E-state index in [1.807, 2.05) is 0 Å². The molecule has 0 amide bonds. The molecule has 98 valence electrons. The summed E-state index contributed by atoms with van der Waals surface area (Å²) in [7, 11) is 0. The molecule has 2 rings (SSSR count). The molecule has 0 unspecified atom stereocenters.